The van der Waals surface area contributed by atoms with Crippen LogP contribution in [0.5, 0.6) is 23.0 Å². The Kier molecular flexibility index (Phi) is 4.61. The lowest BCUT2D eigenvalue weighted by Gasteiger charge is -2.10. The Morgan fingerprint density at radius 1 is 0.680 bits per heavy atom. The van der Waals surface area contributed by atoms with Crippen molar-refractivity contribution >= 4 is 12.2 Å². The summed E-state index contributed by atoms with van der Waals surface area (Å²) < 4.78 is 0. The molecular weight excluding hydrogens is 316 g/mol. The van der Waals surface area contributed by atoms with Crippen molar-refractivity contribution in [1.29, 1.82) is 0 Å². The van der Waals surface area contributed by atoms with E-state index in [0.29, 0.717) is 23.1 Å². The fourth-order valence-electron chi connectivity index (χ4n) is 2.63. The van der Waals surface area contributed by atoms with Crippen LogP contribution in [0.15, 0.2) is 60.7 Å². The molecule has 0 bridgehead atoms. The second kappa shape index (κ2) is 7.01. The molecule has 0 saturated carbocycles. The second-order valence-electron chi connectivity index (χ2n) is 5.78. The number of phenolic OH excluding ortho intramolecular Hbond substituents is 4. The standard InChI is InChI=1S/C21H18O4/c22-17-12-16(8-6-15-7-9-19(23)21(25)11-15)18(20(24)13-17)10-14-4-2-1-3-5-14/h1-9,11-13,22-25H,10H2. The summed E-state index contributed by atoms with van der Waals surface area (Å²) in [6, 6.07) is 17.1. The van der Waals surface area contributed by atoms with Crippen LogP contribution in [0.2, 0.25) is 0 Å². The van der Waals surface area contributed by atoms with Gasteiger partial charge >= 0.3 is 0 Å². The van der Waals surface area contributed by atoms with Crippen LogP contribution in [0.25, 0.3) is 12.2 Å². The van der Waals surface area contributed by atoms with E-state index in [9.17, 15) is 20.4 Å². The summed E-state index contributed by atoms with van der Waals surface area (Å²) in [7, 11) is 0. The highest BCUT2D eigenvalue weighted by molar-refractivity contribution is 5.74. The van der Waals surface area contributed by atoms with Gasteiger partial charge in [-0.2, -0.15) is 0 Å². The molecular formula is C21H18O4. The smallest absolute Gasteiger partial charge is 0.157 e. The van der Waals surface area contributed by atoms with Gasteiger partial charge in [0.15, 0.2) is 11.5 Å². The van der Waals surface area contributed by atoms with Crippen molar-refractivity contribution in [2.45, 2.75) is 6.42 Å². The van der Waals surface area contributed by atoms with E-state index in [1.807, 2.05) is 30.3 Å². The van der Waals surface area contributed by atoms with E-state index in [4.69, 9.17) is 0 Å². The number of hydrogen-bond acceptors (Lipinski definition) is 4. The van der Waals surface area contributed by atoms with Crippen LogP contribution in [-0.4, -0.2) is 20.4 Å². The van der Waals surface area contributed by atoms with Crippen LogP contribution in [0.1, 0.15) is 22.3 Å². The summed E-state index contributed by atoms with van der Waals surface area (Å²) in [6.07, 6.45) is 4.01. The molecule has 4 N–H and O–H groups in total. The van der Waals surface area contributed by atoms with Gasteiger partial charge < -0.3 is 20.4 Å². The second-order valence-corrected chi connectivity index (χ2v) is 5.78. The molecule has 25 heavy (non-hydrogen) atoms. The molecule has 0 atom stereocenters. The molecule has 0 aliphatic rings. The third-order valence-electron chi connectivity index (χ3n) is 3.92. The predicted octanol–water partition coefficient (Wildman–Crippen LogP) is 4.27. The number of phenols is 4. The van der Waals surface area contributed by atoms with Gasteiger partial charge in [-0.05, 0) is 34.9 Å². The van der Waals surface area contributed by atoms with Crippen LogP contribution in [-0.2, 0) is 6.42 Å². The summed E-state index contributed by atoms with van der Waals surface area (Å²) >= 11 is 0. The highest BCUT2D eigenvalue weighted by Crippen LogP contribution is 2.31. The van der Waals surface area contributed by atoms with Crippen LogP contribution in [0, 0.1) is 0 Å². The van der Waals surface area contributed by atoms with Gasteiger partial charge in [-0.1, -0.05) is 48.6 Å². The molecule has 0 saturated heterocycles. The van der Waals surface area contributed by atoms with Crippen molar-refractivity contribution < 1.29 is 20.4 Å². The minimum absolute atomic E-state index is 0.0251. The molecule has 0 aromatic heterocycles. The SMILES string of the molecule is Oc1cc(O)c(Cc2ccccc2)c(C=Cc2ccc(O)c(O)c2)c1. The number of aromatic hydroxyl groups is 4. The Morgan fingerprint density at radius 2 is 1.44 bits per heavy atom. The Balaban J connectivity index is 1.97. The van der Waals surface area contributed by atoms with Crippen molar-refractivity contribution in [3.05, 3.63) is 82.9 Å². The highest BCUT2D eigenvalue weighted by Gasteiger charge is 2.09. The molecule has 0 unspecified atom stereocenters. The molecule has 0 radical (unpaired) electrons. The van der Waals surface area contributed by atoms with E-state index < -0.39 is 0 Å². The first-order valence-corrected chi connectivity index (χ1v) is 7.82. The van der Waals surface area contributed by atoms with Gasteiger partial charge in [-0.15, -0.1) is 0 Å². The quantitative estimate of drug-likeness (QED) is 0.424. The molecule has 126 valence electrons. The van der Waals surface area contributed by atoms with Crippen molar-refractivity contribution in [2.24, 2.45) is 0 Å². The predicted molar refractivity (Wildman–Crippen MR) is 97.7 cm³/mol. The van der Waals surface area contributed by atoms with Gasteiger partial charge in [0.25, 0.3) is 0 Å². The molecule has 3 rings (SSSR count). The molecule has 0 heterocycles. The molecule has 0 amide bonds. The van der Waals surface area contributed by atoms with Gasteiger partial charge in [0.1, 0.15) is 11.5 Å². The van der Waals surface area contributed by atoms with Gasteiger partial charge in [0.05, 0.1) is 0 Å². The molecule has 0 fully saturated rings. The average Bonchev–Trinajstić information content (AvgIpc) is 2.59. The fraction of sp³-hybridized carbons (Fsp3) is 0.0476. The van der Waals surface area contributed by atoms with Crippen LogP contribution in [0.3, 0.4) is 0 Å². The Labute approximate surface area is 145 Å². The number of rotatable bonds is 4. The first-order chi connectivity index (χ1) is 12.0. The Hall–Kier alpha value is -3.40. The van der Waals surface area contributed by atoms with Crippen molar-refractivity contribution in [1.82, 2.24) is 0 Å². The Bertz CT molecular complexity index is 915. The van der Waals surface area contributed by atoms with Crippen molar-refractivity contribution in [3.8, 4) is 23.0 Å². The first-order valence-electron chi connectivity index (χ1n) is 7.82. The molecule has 0 aliphatic heterocycles. The summed E-state index contributed by atoms with van der Waals surface area (Å²) in [6.45, 7) is 0. The zero-order valence-corrected chi connectivity index (χ0v) is 13.4. The van der Waals surface area contributed by atoms with E-state index >= 15 is 0 Å². The van der Waals surface area contributed by atoms with Crippen molar-refractivity contribution in [2.75, 3.05) is 0 Å². The molecule has 4 nitrogen and oxygen atoms in total. The lowest BCUT2D eigenvalue weighted by molar-refractivity contribution is 0.403. The lowest BCUT2D eigenvalue weighted by Crippen LogP contribution is -1.93. The summed E-state index contributed by atoms with van der Waals surface area (Å²) in [5.41, 5.74) is 3.10. The van der Waals surface area contributed by atoms with Crippen LogP contribution < -0.4 is 0 Å². The summed E-state index contributed by atoms with van der Waals surface area (Å²) in [5.74, 6) is -0.387. The maximum atomic E-state index is 10.2. The first kappa shape index (κ1) is 16.5. The third kappa shape index (κ3) is 3.93. The zero-order chi connectivity index (χ0) is 17.8. The number of benzene rings is 3. The molecule has 4 heteroatoms. The summed E-state index contributed by atoms with van der Waals surface area (Å²) in [5, 5.41) is 39.0. The summed E-state index contributed by atoms with van der Waals surface area (Å²) in [4.78, 5) is 0. The minimum atomic E-state index is -0.203. The van der Waals surface area contributed by atoms with Gasteiger partial charge in [0, 0.05) is 18.1 Å². The number of hydrogen-bond donors (Lipinski definition) is 4. The zero-order valence-electron chi connectivity index (χ0n) is 13.4. The van der Waals surface area contributed by atoms with Crippen LogP contribution in [0.4, 0.5) is 0 Å². The molecule has 0 aliphatic carbocycles. The third-order valence-corrected chi connectivity index (χ3v) is 3.92. The Morgan fingerprint density at radius 3 is 2.16 bits per heavy atom. The maximum absolute atomic E-state index is 10.2. The molecule has 3 aromatic carbocycles. The maximum Gasteiger partial charge on any atom is 0.157 e. The fourth-order valence-corrected chi connectivity index (χ4v) is 2.63. The lowest BCUT2D eigenvalue weighted by atomic mass is 9.97. The van der Waals surface area contributed by atoms with E-state index in [1.54, 1.807) is 24.3 Å². The van der Waals surface area contributed by atoms with E-state index in [0.717, 1.165) is 5.56 Å². The molecule has 3 aromatic rings. The highest BCUT2D eigenvalue weighted by atomic mass is 16.3. The van der Waals surface area contributed by atoms with Gasteiger partial charge in [-0.3, -0.25) is 0 Å². The van der Waals surface area contributed by atoms with E-state index in [-0.39, 0.29) is 23.0 Å². The topological polar surface area (TPSA) is 80.9 Å². The monoisotopic (exact) mass is 334 g/mol. The largest absolute Gasteiger partial charge is 0.508 e. The van der Waals surface area contributed by atoms with Crippen molar-refractivity contribution in [3.63, 3.8) is 0 Å². The van der Waals surface area contributed by atoms with Gasteiger partial charge in [0.2, 0.25) is 0 Å². The van der Waals surface area contributed by atoms with E-state index in [2.05, 4.69) is 0 Å². The molecule has 0 spiro atoms. The van der Waals surface area contributed by atoms with Gasteiger partial charge in [-0.25, -0.2) is 0 Å². The van der Waals surface area contributed by atoms with Crippen LogP contribution >= 0.6 is 0 Å². The normalized spacial score (nSPS) is 11.0. The minimum Gasteiger partial charge on any atom is -0.508 e. The average molecular weight is 334 g/mol. The van der Waals surface area contributed by atoms with E-state index in [1.165, 1.54) is 18.2 Å².